The molecule has 2 rings (SSSR count). The topological polar surface area (TPSA) is 89.0 Å². The fraction of sp³-hybridized carbons (Fsp3) is 0.250. The normalized spacial score (nSPS) is 11.0. The molecule has 0 saturated carbocycles. The van der Waals surface area contributed by atoms with Crippen LogP contribution >= 0.6 is 23.2 Å². The van der Waals surface area contributed by atoms with Crippen molar-refractivity contribution in [2.45, 2.75) is 19.8 Å². The number of rotatable bonds is 8. The van der Waals surface area contributed by atoms with Gasteiger partial charge in [-0.25, -0.2) is 5.43 Å². The lowest BCUT2D eigenvalue weighted by Crippen LogP contribution is -2.23. The Morgan fingerprint density at radius 2 is 1.72 bits per heavy atom. The number of amides is 2. The van der Waals surface area contributed by atoms with Crippen molar-refractivity contribution in [2.24, 2.45) is 5.10 Å². The van der Waals surface area contributed by atoms with Crippen LogP contribution in [0.25, 0.3) is 0 Å². The molecule has 154 valence electrons. The molecule has 0 spiro atoms. The molecule has 0 bridgehead atoms. The number of anilines is 1. The van der Waals surface area contributed by atoms with Crippen LogP contribution in [0.5, 0.6) is 11.5 Å². The van der Waals surface area contributed by atoms with Crippen molar-refractivity contribution in [3.05, 3.63) is 52.0 Å². The molecule has 0 aliphatic carbocycles. The van der Waals surface area contributed by atoms with Crippen molar-refractivity contribution < 1.29 is 19.1 Å². The van der Waals surface area contributed by atoms with E-state index in [1.165, 1.54) is 13.2 Å². The Bertz CT molecular complexity index is 932. The molecule has 0 radical (unpaired) electrons. The summed E-state index contributed by atoms with van der Waals surface area (Å²) in [6.07, 6.45) is 0.0965. The number of ether oxygens (including phenoxy) is 2. The van der Waals surface area contributed by atoms with Gasteiger partial charge >= 0.3 is 0 Å². The molecule has 0 aliphatic rings. The second-order valence-corrected chi connectivity index (χ2v) is 6.94. The lowest BCUT2D eigenvalue weighted by Gasteiger charge is -2.09. The summed E-state index contributed by atoms with van der Waals surface area (Å²) in [6, 6.07) is 9.98. The van der Waals surface area contributed by atoms with Crippen LogP contribution in [0, 0.1) is 0 Å². The van der Waals surface area contributed by atoms with Gasteiger partial charge in [0.25, 0.3) is 0 Å². The first-order valence-electron chi connectivity index (χ1n) is 8.60. The predicted molar refractivity (Wildman–Crippen MR) is 114 cm³/mol. The van der Waals surface area contributed by atoms with E-state index in [1.807, 2.05) is 0 Å². The highest BCUT2D eigenvalue weighted by Crippen LogP contribution is 2.27. The number of methoxy groups -OCH3 is 2. The van der Waals surface area contributed by atoms with Gasteiger partial charge in [0, 0.05) is 10.7 Å². The first kappa shape index (κ1) is 22.5. The van der Waals surface area contributed by atoms with Crippen molar-refractivity contribution >= 4 is 46.4 Å². The monoisotopic (exact) mass is 437 g/mol. The zero-order valence-corrected chi connectivity index (χ0v) is 17.7. The second kappa shape index (κ2) is 10.7. The Labute approximate surface area is 179 Å². The molecule has 0 aromatic heterocycles. The van der Waals surface area contributed by atoms with E-state index in [0.29, 0.717) is 32.9 Å². The number of hydrogen-bond donors (Lipinski definition) is 2. The van der Waals surface area contributed by atoms with Gasteiger partial charge in [-0.2, -0.15) is 5.10 Å². The van der Waals surface area contributed by atoms with E-state index in [4.69, 9.17) is 32.7 Å². The third-order valence-corrected chi connectivity index (χ3v) is 4.35. The number of carbonyl (C=O) groups is 2. The molecule has 0 unspecified atom stereocenters. The van der Waals surface area contributed by atoms with Crippen LogP contribution in [0.4, 0.5) is 5.69 Å². The molecule has 9 heteroatoms. The second-order valence-electron chi connectivity index (χ2n) is 6.10. The molecular weight excluding hydrogens is 417 g/mol. The molecule has 29 heavy (non-hydrogen) atoms. The zero-order chi connectivity index (χ0) is 21.4. The fourth-order valence-corrected chi connectivity index (χ4v) is 2.89. The minimum atomic E-state index is -0.322. The van der Waals surface area contributed by atoms with Gasteiger partial charge in [-0.15, -0.1) is 0 Å². The quantitative estimate of drug-likeness (QED) is 0.480. The molecule has 2 aromatic rings. The van der Waals surface area contributed by atoms with E-state index in [9.17, 15) is 9.59 Å². The van der Waals surface area contributed by atoms with E-state index >= 15 is 0 Å². The minimum Gasteiger partial charge on any atom is -0.493 e. The first-order chi connectivity index (χ1) is 13.8. The van der Waals surface area contributed by atoms with Gasteiger partial charge in [-0.05, 0) is 42.8 Å². The van der Waals surface area contributed by atoms with Gasteiger partial charge in [-0.1, -0.05) is 29.3 Å². The van der Waals surface area contributed by atoms with Crippen LogP contribution < -0.4 is 20.2 Å². The molecular formula is C20H21Cl2N3O4. The van der Waals surface area contributed by atoms with Crippen LogP contribution in [-0.4, -0.2) is 31.7 Å². The standard InChI is InChI=1S/C20H21Cl2N3O4/c1-12(8-19(26)23-16-6-5-14(21)11-15(16)22)24-25-20(27)10-13-4-7-17(28-2)18(9-13)29-3/h4-7,9,11H,8,10H2,1-3H3,(H,23,26)(H,25,27). The Kier molecular flexibility index (Phi) is 8.30. The molecule has 0 heterocycles. The molecule has 2 N–H and O–H groups in total. The molecule has 7 nitrogen and oxygen atoms in total. The Hall–Kier alpha value is -2.77. The van der Waals surface area contributed by atoms with Crippen LogP contribution in [0.3, 0.4) is 0 Å². The van der Waals surface area contributed by atoms with Crippen molar-refractivity contribution in [1.29, 1.82) is 0 Å². The summed E-state index contributed by atoms with van der Waals surface area (Å²) in [7, 11) is 3.07. The molecule has 0 saturated heterocycles. The van der Waals surface area contributed by atoms with E-state index in [0.717, 1.165) is 5.56 Å². The van der Waals surface area contributed by atoms with Crippen molar-refractivity contribution in [3.8, 4) is 11.5 Å². The average Bonchev–Trinajstić information content (AvgIpc) is 2.68. The van der Waals surface area contributed by atoms with Gasteiger partial charge in [-0.3, -0.25) is 9.59 Å². The van der Waals surface area contributed by atoms with Crippen molar-refractivity contribution in [2.75, 3.05) is 19.5 Å². The molecule has 0 atom stereocenters. The Morgan fingerprint density at radius 1 is 1.00 bits per heavy atom. The molecule has 0 aliphatic heterocycles. The van der Waals surface area contributed by atoms with E-state index < -0.39 is 0 Å². The summed E-state index contributed by atoms with van der Waals surface area (Å²) < 4.78 is 10.4. The number of benzene rings is 2. The van der Waals surface area contributed by atoms with Crippen LogP contribution in [-0.2, 0) is 16.0 Å². The average molecular weight is 438 g/mol. The van der Waals surface area contributed by atoms with Crippen LogP contribution in [0.1, 0.15) is 18.9 Å². The van der Waals surface area contributed by atoms with Crippen molar-refractivity contribution in [1.82, 2.24) is 5.43 Å². The highest BCUT2D eigenvalue weighted by atomic mass is 35.5. The SMILES string of the molecule is COc1ccc(CC(=O)NN=C(C)CC(=O)Nc2ccc(Cl)cc2Cl)cc1OC. The summed E-state index contributed by atoms with van der Waals surface area (Å²) in [5, 5.41) is 7.44. The number of nitrogens with one attached hydrogen (secondary N) is 2. The highest BCUT2D eigenvalue weighted by molar-refractivity contribution is 6.36. The molecule has 2 aromatic carbocycles. The van der Waals surface area contributed by atoms with Gasteiger partial charge in [0.05, 0.1) is 37.8 Å². The predicted octanol–water partition coefficient (Wildman–Crippen LogP) is 4.07. The Morgan fingerprint density at radius 3 is 2.38 bits per heavy atom. The van der Waals surface area contributed by atoms with Gasteiger partial charge in [0.15, 0.2) is 11.5 Å². The van der Waals surface area contributed by atoms with E-state index in [2.05, 4.69) is 15.8 Å². The third kappa shape index (κ3) is 6.96. The van der Waals surface area contributed by atoms with Crippen LogP contribution in [0.15, 0.2) is 41.5 Å². The largest absolute Gasteiger partial charge is 0.493 e. The van der Waals surface area contributed by atoms with Gasteiger partial charge in [0.1, 0.15) is 0 Å². The highest BCUT2D eigenvalue weighted by Gasteiger charge is 2.10. The first-order valence-corrected chi connectivity index (χ1v) is 9.35. The third-order valence-electron chi connectivity index (χ3n) is 3.81. The van der Waals surface area contributed by atoms with Gasteiger partial charge in [0.2, 0.25) is 11.8 Å². The number of carbonyl (C=O) groups excluding carboxylic acids is 2. The number of halogens is 2. The number of hydrazone groups is 1. The summed E-state index contributed by atoms with van der Waals surface area (Å²) in [5.74, 6) is 0.481. The lowest BCUT2D eigenvalue weighted by atomic mass is 10.1. The minimum absolute atomic E-state index is 0.00437. The number of nitrogens with zero attached hydrogens (tertiary/aromatic N) is 1. The fourth-order valence-electron chi connectivity index (χ4n) is 2.43. The van der Waals surface area contributed by atoms with E-state index in [1.54, 1.807) is 44.4 Å². The summed E-state index contributed by atoms with van der Waals surface area (Å²) in [6.45, 7) is 1.64. The van der Waals surface area contributed by atoms with Gasteiger partial charge < -0.3 is 14.8 Å². The van der Waals surface area contributed by atoms with Crippen LogP contribution in [0.2, 0.25) is 10.0 Å². The van der Waals surface area contributed by atoms with E-state index in [-0.39, 0.29) is 24.7 Å². The maximum absolute atomic E-state index is 12.1. The smallest absolute Gasteiger partial charge is 0.244 e. The summed E-state index contributed by atoms with van der Waals surface area (Å²) >= 11 is 11.9. The Balaban J connectivity index is 1.88. The lowest BCUT2D eigenvalue weighted by molar-refractivity contribution is -0.120. The maximum atomic E-state index is 12.1. The summed E-state index contributed by atoms with van der Waals surface area (Å²) in [4.78, 5) is 24.2. The molecule has 2 amide bonds. The van der Waals surface area contributed by atoms with Crippen molar-refractivity contribution in [3.63, 3.8) is 0 Å². The molecule has 0 fully saturated rings. The maximum Gasteiger partial charge on any atom is 0.244 e. The summed E-state index contributed by atoms with van der Waals surface area (Å²) in [5.41, 5.74) is 4.07. The number of hydrogen-bond acceptors (Lipinski definition) is 5. The zero-order valence-electron chi connectivity index (χ0n) is 16.2.